The quantitative estimate of drug-likeness (QED) is 0.792. The second-order valence-electron chi connectivity index (χ2n) is 4.26. The Balaban J connectivity index is 2.09. The fraction of sp³-hybridized carbons (Fsp3) is 0.154. The maximum atomic E-state index is 12.2. The van der Waals surface area contributed by atoms with Crippen LogP contribution in [0.1, 0.15) is 22.0 Å². The van der Waals surface area contributed by atoms with Crippen LogP contribution in [-0.2, 0) is 6.42 Å². The number of nitrogens with zero attached hydrogens (tertiary/aromatic N) is 1. The lowest BCUT2D eigenvalue weighted by molar-refractivity contribution is 0.0939. The van der Waals surface area contributed by atoms with E-state index in [1.54, 1.807) is 12.1 Å². The molecule has 0 bridgehead atoms. The van der Waals surface area contributed by atoms with Gasteiger partial charge in [-0.3, -0.25) is 19.1 Å². The second-order valence-corrected chi connectivity index (χ2v) is 4.26. The summed E-state index contributed by atoms with van der Waals surface area (Å²) in [6, 6.07) is 8.00. The topological polar surface area (TPSA) is 71.9 Å². The number of hydrogen-bond acceptors (Lipinski definition) is 3. The molecule has 5 heteroatoms. The molecule has 1 atom stereocenters. The summed E-state index contributed by atoms with van der Waals surface area (Å²) in [5, 5.41) is 0. The number of hydrogen-bond donors (Lipinski definition) is 1. The van der Waals surface area contributed by atoms with Crippen LogP contribution in [0.2, 0.25) is 0 Å². The number of Topliss-reactive ketones (excluding diaryl/α,β-unsaturated/α-hetero) is 1. The second kappa shape index (κ2) is 3.80. The average Bonchev–Trinajstić information content (AvgIpc) is 2.68. The molecule has 1 aromatic heterocycles. The van der Waals surface area contributed by atoms with Gasteiger partial charge in [0.1, 0.15) is 6.04 Å². The molecule has 0 saturated heterocycles. The molecule has 1 unspecified atom stereocenters. The molecule has 2 aromatic rings. The van der Waals surface area contributed by atoms with Gasteiger partial charge in [-0.15, -0.1) is 0 Å². The van der Waals surface area contributed by atoms with Gasteiger partial charge < -0.3 is 0 Å². The molecule has 1 aliphatic carbocycles. The highest BCUT2D eigenvalue weighted by atomic mass is 16.2. The molecule has 0 saturated carbocycles. The number of carbonyl (C=O) groups is 1. The van der Waals surface area contributed by atoms with Crippen LogP contribution in [0.3, 0.4) is 0 Å². The molecule has 0 radical (unpaired) electrons. The van der Waals surface area contributed by atoms with Crippen molar-refractivity contribution in [3.05, 3.63) is 68.5 Å². The summed E-state index contributed by atoms with van der Waals surface area (Å²) < 4.78 is 1.28. The van der Waals surface area contributed by atoms with Gasteiger partial charge in [-0.1, -0.05) is 24.3 Å². The number of H-pyrrole nitrogens is 1. The van der Waals surface area contributed by atoms with Gasteiger partial charge in [0.2, 0.25) is 0 Å². The number of carbonyl (C=O) groups excluding carboxylic acids is 1. The first-order valence-corrected chi connectivity index (χ1v) is 5.60. The predicted octanol–water partition coefficient (Wildman–Crippen LogP) is 0.517. The molecule has 0 spiro atoms. The minimum atomic E-state index is -0.549. The zero-order chi connectivity index (χ0) is 12.7. The highest BCUT2D eigenvalue weighted by molar-refractivity contribution is 6.03. The van der Waals surface area contributed by atoms with E-state index in [4.69, 9.17) is 0 Å². The van der Waals surface area contributed by atoms with Gasteiger partial charge in [-0.05, 0) is 5.56 Å². The third kappa shape index (κ3) is 1.52. The Hall–Kier alpha value is -2.43. The van der Waals surface area contributed by atoms with E-state index in [1.807, 2.05) is 12.1 Å². The summed E-state index contributed by atoms with van der Waals surface area (Å²) in [6.07, 6.45) is 1.86. The molecule has 3 rings (SSSR count). The van der Waals surface area contributed by atoms with Gasteiger partial charge >= 0.3 is 5.69 Å². The lowest BCUT2D eigenvalue weighted by Crippen LogP contribution is -2.33. The van der Waals surface area contributed by atoms with Gasteiger partial charge in [0.05, 0.1) is 0 Å². The van der Waals surface area contributed by atoms with E-state index in [2.05, 4.69) is 4.98 Å². The molecule has 1 heterocycles. The van der Waals surface area contributed by atoms with Crippen LogP contribution in [0, 0.1) is 0 Å². The molecule has 1 N–H and O–H groups in total. The summed E-state index contributed by atoms with van der Waals surface area (Å²) >= 11 is 0. The number of rotatable bonds is 1. The summed E-state index contributed by atoms with van der Waals surface area (Å²) in [4.78, 5) is 37.0. The van der Waals surface area contributed by atoms with Crippen LogP contribution < -0.4 is 11.2 Å². The van der Waals surface area contributed by atoms with E-state index in [0.29, 0.717) is 12.0 Å². The smallest absolute Gasteiger partial charge is 0.292 e. The Morgan fingerprint density at radius 1 is 1.11 bits per heavy atom. The Kier molecular flexibility index (Phi) is 2.26. The standard InChI is InChI=1S/C13H10N2O3/c16-11-5-6-15(13(18)14-11)10-7-8-3-1-2-4-9(8)12(10)17/h1-6,10H,7H2,(H,14,16,18). The summed E-state index contributed by atoms with van der Waals surface area (Å²) in [7, 11) is 0. The van der Waals surface area contributed by atoms with Gasteiger partial charge in [0.25, 0.3) is 5.56 Å². The zero-order valence-electron chi connectivity index (χ0n) is 9.42. The molecule has 0 amide bonds. The highest BCUT2D eigenvalue weighted by Gasteiger charge is 2.31. The van der Waals surface area contributed by atoms with E-state index in [0.717, 1.165) is 5.56 Å². The van der Waals surface area contributed by atoms with Gasteiger partial charge in [-0.2, -0.15) is 0 Å². The van der Waals surface area contributed by atoms with Crippen LogP contribution in [0.4, 0.5) is 0 Å². The van der Waals surface area contributed by atoms with Crippen molar-refractivity contribution in [2.45, 2.75) is 12.5 Å². The Morgan fingerprint density at radius 2 is 1.89 bits per heavy atom. The molecule has 90 valence electrons. The van der Waals surface area contributed by atoms with Crippen molar-refractivity contribution >= 4 is 5.78 Å². The van der Waals surface area contributed by atoms with Crippen LogP contribution >= 0.6 is 0 Å². The SMILES string of the molecule is O=C1c2ccccc2CC1n1ccc(=O)[nH]c1=O. The van der Waals surface area contributed by atoms with Crippen molar-refractivity contribution in [3.63, 3.8) is 0 Å². The molecule has 1 aliphatic rings. The van der Waals surface area contributed by atoms with Crippen molar-refractivity contribution in [1.29, 1.82) is 0 Å². The fourth-order valence-corrected chi connectivity index (χ4v) is 2.32. The molecule has 0 aliphatic heterocycles. The van der Waals surface area contributed by atoms with Crippen molar-refractivity contribution in [1.82, 2.24) is 9.55 Å². The fourth-order valence-electron chi connectivity index (χ4n) is 2.32. The van der Waals surface area contributed by atoms with Crippen molar-refractivity contribution in [3.8, 4) is 0 Å². The van der Waals surface area contributed by atoms with Crippen molar-refractivity contribution < 1.29 is 4.79 Å². The number of benzene rings is 1. The summed E-state index contributed by atoms with van der Waals surface area (Å²) in [6.45, 7) is 0. The minimum Gasteiger partial charge on any atom is -0.292 e. The molecule has 5 nitrogen and oxygen atoms in total. The maximum Gasteiger partial charge on any atom is 0.329 e. The number of aromatic amines is 1. The number of nitrogens with one attached hydrogen (secondary N) is 1. The first kappa shape index (κ1) is 10.7. The number of fused-ring (bicyclic) bond motifs is 1. The molecular weight excluding hydrogens is 232 g/mol. The zero-order valence-corrected chi connectivity index (χ0v) is 9.42. The highest BCUT2D eigenvalue weighted by Crippen LogP contribution is 2.28. The lowest BCUT2D eigenvalue weighted by atomic mass is 10.1. The first-order chi connectivity index (χ1) is 8.66. The normalized spacial score (nSPS) is 17.8. The average molecular weight is 242 g/mol. The third-order valence-electron chi connectivity index (χ3n) is 3.19. The Morgan fingerprint density at radius 3 is 2.61 bits per heavy atom. The largest absolute Gasteiger partial charge is 0.329 e. The molecule has 0 fully saturated rings. The van der Waals surface area contributed by atoms with E-state index in [9.17, 15) is 14.4 Å². The number of aromatic nitrogens is 2. The van der Waals surface area contributed by atoms with E-state index in [1.165, 1.54) is 16.8 Å². The third-order valence-corrected chi connectivity index (χ3v) is 3.19. The van der Waals surface area contributed by atoms with Gasteiger partial charge in [0.15, 0.2) is 5.78 Å². The van der Waals surface area contributed by atoms with Crippen LogP contribution in [0.5, 0.6) is 0 Å². The minimum absolute atomic E-state index is 0.0836. The van der Waals surface area contributed by atoms with Crippen LogP contribution in [0.25, 0.3) is 0 Å². The molecule has 18 heavy (non-hydrogen) atoms. The Bertz CT molecular complexity index is 742. The number of ketones is 1. The monoisotopic (exact) mass is 242 g/mol. The molecular formula is C13H10N2O3. The van der Waals surface area contributed by atoms with E-state index < -0.39 is 17.3 Å². The maximum absolute atomic E-state index is 12.2. The van der Waals surface area contributed by atoms with E-state index >= 15 is 0 Å². The van der Waals surface area contributed by atoms with Gasteiger partial charge in [-0.25, -0.2) is 4.79 Å². The molecule has 1 aromatic carbocycles. The van der Waals surface area contributed by atoms with Crippen LogP contribution in [-0.4, -0.2) is 15.3 Å². The van der Waals surface area contributed by atoms with E-state index in [-0.39, 0.29) is 5.78 Å². The van der Waals surface area contributed by atoms with Crippen molar-refractivity contribution in [2.75, 3.05) is 0 Å². The predicted molar refractivity (Wildman–Crippen MR) is 64.8 cm³/mol. The summed E-state index contributed by atoms with van der Waals surface area (Å²) in [5.41, 5.74) is 0.582. The summed E-state index contributed by atoms with van der Waals surface area (Å²) in [5.74, 6) is -0.0836. The lowest BCUT2D eigenvalue weighted by Gasteiger charge is -2.10. The van der Waals surface area contributed by atoms with Crippen LogP contribution in [0.15, 0.2) is 46.1 Å². The Labute approximate surface area is 102 Å². The first-order valence-electron chi connectivity index (χ1n) is 5.60. The van der Waals surface area contributed by atoms with Gasteiger partial charge in [0, 0.05) is 24.2 Å². The van der Waals surface area contributed by atoms with Crippen molar-refractivity contribution in [2.24, 2.45) is 0 Å².